The van der Waals surface area contributed by atoms with Gasteiger partial charge < -0.3 is 24.7 Å². The van der Waals surface area contributed by atoms with Crippen LogP contribution in [0.4, 0.5) is 0 Å². The van der Waals surface area contributed by atoms with E-state index in [1.54, 1.807) is 11.9 Å². The van der Waals surface area contributed by atoms with Crippen molar-refractivity contribution in [3.63, 3.8) is 0 Å². The summed E-state index contributed by atoms with van der Waals surface area (Å²) in [6.45, 7) is 1.39. The summed E-state index contributed by atoms with van der Waals surface area (Å²) in [6.07, 6.45) is 0.884. The Labute approximate surface area is 159 Å². The van der Waals surface area contributed by atoms with Crippen LogP contribution in [0.5, 0.6) is 0 Å². The van der Waals surface area contributed by atoms with Gasteiger partial charge in [-0.25, -0.2) is 0 Å². The fourth-order valence-corrected chi connectivity index (χ4v) is 3.50. The zero-order chi connectivity index (χ0) is 19.8. The van der Waals surface area contributed by atoms with E-state index in [-0.39, 0.29) is 30.5 Å². The maximum atomic E-state index is 12.9. The first kappa shape index (κ1) is 18.2. The van der Waals surface area contributed by atoms with Gasteiger partial charge in [0.15, 0.2) is 5.69 Å². The molecule has 0 unspecified atom stereocenters. The number of likely N-dealkylation sites (N-methyl/N-ethyl adjacent to an activating group) is 1. The van der Waals surface area contributed by atoms with Crippen molar-refractivity contribution < 1.29 is 24.0 Å². The van der Waals surface area contributed by atoms with Crippen molar-refractivity contribution in [2.24, 2.45) is 0 Å². The number of amides is 3. The number of aliphatic hydroxyl groups excluding tert-OH is 1. The Bertz CT molecular complexity index is 907. The van der Waals surface area contributed by atoms with E-state index >= 15 is 0 Å². The molecule has 1 saturated heterocycles. The molecule has 4 rings (SSSR count). The number of carbonyl (C=O) groups excluding carboxylic acids is 3. The lowest BCUT2D eigenvalue weighted by Gasteiger charge is -2.35. The quantitative estimate of drug-likeness (QED) is 0.686. The Hall–Kier alpha value is -3.21. The normalized spacial score (nSPS) is 22.1. The largest absolute Gasteiger partial charge is 0.391 e. The van der Waals surface area contributed by atoms with Gasteiger partial charge in [-0.1, -0.05) is 5.16 Å². The number of likely N-dealkylation sites (tertiary alicyclic amines) is 1. The van der Waals surface area contributed by atoms with Crippen LogP contribution in [0.1, 0.15) is 38.0 Å². The molecule has 0 aliphatic carbocycles. The number of aromatic nitrogens is 3. The average molecular weight is 388 g/mol. The highest BCUT2D eigenvalue weighted by Crippen LogP contribution is 2.18. The van der Waals surface area contributed by atoms with E-state index < -0.39 is 24.0 Å². The summed E-state index contributed by atoms with van der Waals surface area (Å²) in [5, 5.41) is 20.6. The van der Waals surface area contributed by atoms with Crippen LogP contribution >= 0.6 is 0 Å². The molecule has 28 heavy (non-hydrogen) atoms. The predicted octanol–water partition coefficient (Wildman–Crippen LogP) is -1.04. The molecule has 3 amide bonds. The molecule has 1 fully saturated rings. The average Bonchev–Trinajstić information content (AvgIpc) is 3.33. The molecule has 2 aromatic rings. The Morgan fingerprint density at radius 1 is 1.32 bits per heavy atom. The van der Waals surface area contributed by atoms with Crippen LogP contribution in [-0.4, -0.2) is 86.4 Å². The highest BCUT2D eigenvalue weighted by Gasteiger charge is 2.33. The number of nitrogens with one attached hydrogen (secondary N) is 1. The SMILES string of the molecule is CN1CCn2nc(C(=O)N3C[C@H](O)C[C@H](NC(=O)c4ccno4)C3)cc2C1=O. The monoisotopic (exact) mass is 388 g/mol. The maximum Gasteiger partial charge on any atom is 0.290 e. The summed E-state index contributed by atoms with van der Waals surface area (Å²) >= 11 is 0. The van der Waals surface area contributed by atoms with E-state index in [9.17, 15) is 19.5 Å². The summed E-state index contributed by atoms with van der Waals surface area (Å²) in [6, 6.07) is 2.46. The second-order valence-electron chi connectivity index (χ2n) is 7.01. The highest BCUT2D eigenvalue weighted by atomic mass is 16.5. The molecule has 11 heteroatoms. The van der Waals surface area contributed by atoms with Crippen LogP contribution in [0.25, 0.3) is 0 Å². The van der Waals surface area contributed by atoms with E-state index in [2.05, 4.69) is 15.6 Å². The molecule has 0 radical (unpaired) electrons. The number of aliphatic hydroxyl groups is 1. The third-order valence-corrected chi connectivity index (χ3v) is 4.92. The second-order valence-corrected chi connectivity index (χ2v) is 7.01. The lowest BCUT2D eigenvalue weighted by atomic mass is 10.0. The molecule has 0 aromatic carbocycles. The lowest BCUT2D eigenvalue weighted by Crippen LogP contribution is -2.54. The number of nitrogens with zero attached hydrogens (tertiary/aromatic N) is 5. The Kier molecular flexibility index (Phi) is 4.59. The number of β-amino-alcohol motifs (C(OH)–C–C–N with tert-alkyl or cyclic N) is 1. The standard InChI is InChI=1S/C17H20N6O5/c1-21-4-5-23-13(17(21)27)7-12(20-23)16(26)22-8-10(6-11(24)9-22)19-15(25)14-2-3-18-28-14/h2-3,7,10-11,24H,4-6,8-9H2,1H3,(H,19,25)/t10-,11+/m0/s1. The minimum absolute atomic E-state index is 0.0577. The Balaban J connectivity index is 1.47. The zero-order valence-electron chi connectivity index (χ0n) is 15.2. The molecular formula is C17H20N6O5. The number of hydrogen-bond acceptors (Lipinski definition) is 7. The highest BCUT2D eigenvalue weighted by molar-refractivity contribution is 5.98. The van der Waals surface area contributed by atoms with Gasteiger partial charge in [-0.2, -0.15) is 5.10 Å². The molecular weight excluding hydrogens is 368 g/mol. The fourth-order valence-electron chi connectivity index (χ4n) is 3.50. The van der Waals surface area contributed by atoms with Crippen LogP contribution in [0.2, 0.25) is 0 Å². The number of rotatable bonds is 3. The summed E-state index contributed by atoms with van der Waals surface area (Å²) in [4.78, 5) is 40.2. The van der Waals surface area contributed by atoms with Crippen molar-refractivity contribution in [1.29, 1.82) is 0 Å². The fraction of sp³-hybridized carbons (Fsp3) is 0.471. The zero-order valence-corrected chi connectivity index (χ0v) is 15.2. The number of piperidine rings is 1. The van der Waals surface area contributed by atoms with Gasteiger partial charge in [-0.15, -0.1) is 0 Å². The van der Waals surface area contributed by atoms with Crippen LogP contribution in [0, 0.1) is 0 Å². The summed E-state index contributed by atoms with van der Waals surface area (Å²) in [7, 11) is 1.70. The van der Waals surface area contributed by atoms with Gasteiger partial charge in [0.2, 0.25) is 5.76 Å². The molecule has 4 heterocycles. The first-order valence-corrected chi connectivity index (χ1v) is 8.94. The van der Waals surface area contributed by atoms with Crippen molar-refractivity contribution in [3.8, 4) is 0 Å². The third-order valence-electron chi connectivity index (χ3n) is 4.92. The third kappa shape index (κ3) is 3.36. The van der Waals surface area contributed by atoms with Crippen molar-refractivity contribution in [2.45, 2.75) is 25.1 Å². The predicted molar refractivity (Wildman–Crippen MR) is 93.5 cm³/mol. The van der Waals surface area contributed by atoms with Gasteiger partial charge in [-0.05, 0) is 6.42 Å². The minimum Gasteiger partial charge on any atom is -0.391 e. The Morgan fingerprint density at radius 3 is 2.89 bits per heavy atom. The van der Waals surface area contributed by atoms with Crippen LogP contribution in [-0.2, 0) is 6.54 Å². The number of fused-ring (bicyclic) bond motifs is 1. The summed E-state index contributed by atoms with van der Waals surface area (Å²) in [5.74, 6) is -0.985. The molecule has 0 saturated carbocycles. The van der Waals surface area contributed by atoms with Gasteiger partial charge in [0.1, 0.15) is 5.69 Å². The summed E-state index contributed by atoms with van der Waals surface area (Å²) in [5.41, 5.74) is 0.512. The maximum absolute atomic E-state index is 12.9. The molecule has 0 bridgehead atoms. The van der Waals surface area contributed by atoms with E-state index in [0.717, 1.165) is 0 Å². The van der Waals surface area contributed by atoms with E-state index in [0.29, 0.717) is 25.2 Å². The van der Waals surface area contributed by atoms with E-state index in [1.807, 2.05) is 0 Å². The Morgan fingerprint density at radius 2 is 2.14 bits per heavy atom. The van der Waals surface area contributed by atoms with Crippen LogP contribution in [0.15, 0.2) is 22.9 Å². The second kappa shape index (κ2) is 7.08. The van der Waals surface area contributed by atoms with E-state index in [1.165, 1.54) is 27.9 Å². The molecule has 2 aromatic heterocycles. The van der Waals surface area contributed by atoms with Crippen molar-refractivity contribution in [1.82, 2.24) is 30.1 Å². The first-order valence-electron chi connectivity index (χ1n) is 8.94. The summed E-state index contributed by atoms with van der Waals surface area (Å²) < 4.78 is 6.35. The van der Waals surface area contributed by atoms with E-state index in [4.69, 9.17) is 4.52 Å². The van der Waals surface area contributed by atoms with Crippen molar-refractivity contribution >= 4 is 17.7 Å². The van der Waals surface area contributed by atoms with Crippen molar-refractivity contribution in [2.75, 3.05) is 26.7 Å². The molecule has 2 N–H and O–H groups in total. The van der Waals surface area contributed by atoms with Gasteiger partial charge in [-0.3, -0.25) is 19.1 Å². The molecule has 148 valence electrons. The number of carbonyl (C=O) groups is 3. The molecule has 2 aliphatic heterocycles. The molecule has 2 aliphatic rings. The van der Waals surface area contributed by atoms with Gasteiger partial charge in [0, 0.05) is 44.9 Å². The van der Waals surface area contributed by atoms with Crippen molar-refractivity contribution in [3.05, 3.63) is 35.5 Å². The molecule has 0 spiro atoms. The molecule has 11 nitrogen and oxygen atoms in total. The number of hydrogen-bond donors (Lipinski definition) is 2. The topological polar surface area (TPSA) is 134 Å². The van der Waals surface area contributed by atoms with Gasteiger partial charge in [0.05, 0.1) is 18.8 Å². The van der Waals surface area contributed by atoms with Crippen LogP contribution < -0.4 is 5.32 Å². The van der Waals surface area contributed by atoms with Gasteiger partial charge in [0.25, 0.3) is 17.7 Å². The lowest BCUT2D eigenvalue weighted by molar-refractivity contribution is 0.0363. The van der Waals surface area contributed by atoms with Gasteiger partial charge >= 0.3 is 0 Å². The minimum atomic E-state index is -0.789. The smallest absolute Gasteiger partial charge is 0.290 e. The molecule has 2 atom stereocenters. The van der Waals surface area contributed by atoms with Crippen LogP contribution in [0.3, 0.4) is 0 Å². The first-order chi connectivity index (χ1) is 13.4.